The fourth-order valence-electron chi connectivity index (χ4n) is 2.89. The van der Waals surface area contributed by atoms with Crippen molar-refractivity contribution < 1.29 is 19.8 Å². The minimum atomic E-state index is -0.889. The van der Waals surface area contributed by atoms with Crippen molar-refractivity contribution in [2.45, 2.75) is 67.2 Å². The average Bonchev–Trinajstić information content (AvgIpc) is 2.44. The highest BCUT2D eigenvalue weighted by Gasteiger charge is 2.26. The third kappa shape index (κ3) is 10.5. The van der Waals surface area contributed by atoms with E-state index in [9.17, 15) is 4.79 Å². The third-order valence-electron chi connectivity index (χ3n) is 4.16. The topological polar surface area (TPSA) is 74.6 Å². The summed E-state index contributed by atoms with van der Waals surface area (Å²) in [7, 11) is 0. The Kier molecular flexibility index (Phi) is 10.3. The zero-order valence-electron chi connectivity index (χ0n) is 16.8. The lowest BCUT2D eigenvalue weighted by Gasteiger charge is -2.32. The van der Waals surface area contributed by atoms with Gasteiger partial charge in [0.05, 0.1) is 0 Å². The first-order valence-electron chi connectivity index (χ1n) is 8.85. The summed E-state index contributed by atoms with van der Waals surface area (Å²) in [6.07, 6.45) is 11.7. The van der Waals surface area contributed by atoms with Gasteiger partial charge < -0.3 is 10.2 Å². The van der Waals surface area contributed by atoms with E-state index in [0.717, 1.165) is 18.1 Å². The van der Waals surface area contributed by atoms with E-state index in [1.54, 1.807) is 0 Å². The van der Waals surface area contributed by atoms with Crippen LogP contribution in [0, 0.1) is 5.41 Å². The van der Waals surface area contributed by atoms with Crippen LogP contribution in [0.4, 0.5) is 0 Å². The van der Waals surface area contributed by atoms with E-state index < -0.39 is 11.9 Å². The molecule has 1 rings (SSSR count). The smallest absolute Gasteiger partial charge is 0.328 e. The largest absolute Gasteiger partial charge is 0.481 e. The van der Waals surface area contributed by atoms with E-state index in [4.69, 9.17) is 15.0 Å². The summed E-state index contributed by atoms with van der Waals surface area (Å²) in [4.78, 5) is 19.5. The van der Waals surface area contributed by atoms with Gasteiger partial charge >= 0.3 is 5.97 Å². The van der Waals surface area contributed by atoms with E-state index >= 15 is 0 Å². The molecule has 1 aliphatic carbocycles. The molecule has 2 N–H and O–H groups in total. The van der Waals surface area contributed by atoms with Crippen molar-refractivity contribution in [1.82, 2.24) is 0 Å². The molecule has 4 heteroatoms. The number of allylic oxidation sites excluding steroid dienone is 6. The van der Waals surface area contributed by atoms with Crippen molar-refractivity contribution in [3.63, 3.8) is 0 Å². The van der Waals surface area contributed by atoms with Crippen molar-refractivity contribution in [3.05, 3.63) is 52.3 Å². The van der Waals surface area contributed by atoms with Gasteiger partial charge in [0.15, 0.2) is 0 Å². The third-order valence-corrected chi connectivity index (χ3v) is 4.16. The van der Waals surface area contributed by atoms with Gasteiger partial charge in [-0.2, -0.15) is 0 Å². The highest BCUT2D eigenvalue weighted by atomic mass is 16.4. The summed E-state index contributed by atoms with van der Waals surface area (Å²) in [5, 5.41) is 16.1. The molecule has 0 saturated carbocycles. The molecule has 0 spiro atoms. The summed E-state index contributed by atoms with van der Waals surface area (Å²) in [6.45, 7) is 11.8. The van der Waals surface area contributed by atoms with E-state index in [2.05, 4.69) is 32.6 Å². The molecule has 4 nitrogen and oxygen atoms in total. The first kappa shape index (κ1) is 23.7. The Labute approximate surface area is 157 Å². The second-order valence-electron chi connectivity index (χ2n) is 7.36. The number of rotatable bonds is 5. The molecule has 0 aromatic carbocycles. The molecule has 0 heterocycles. The Morgan fingerprint density at radius 1 is 1.19 bits per heavy atom. The second kappa shape index (κ2) is 11.3. The zero-order valence-corrected chi connectivity index (χ0v) is 16.8. The van der Waals surface area contributed by atoms with Gasteiger partial charge in [-0.15, -0.1) is 5.73 Å². The predicted molar refractivity (Wildman–Crippen MR) is 106 cm³/mol. The molecule has 0 fully saturated rings. The molecule has 0 atom stereocenters. The molecular weight excluding hydrogens is 328 g/mol. The molecule has 0 radical (unpaired) electrons. The van der Waals surface area contributed by atoms with Crippen LogP contribution in [-0.2, 0) is 9.59 Å². The van der Waals surface area contributed by atoms with Gasteiger partial charge in [0.25, 0.3) is 5.97 Å². The van der Waals surface area contributed by atoms with Crippen LogP contribution in [0.5, 0.6) is 0 Å². The number of hydrogen-bond donors (Lipinski definition) is 2. The maximum atomic E-state index is 10.5. The van der Waals surface area contributed by atoms with Crippen LogP contribution in [0.2, 0.25) is 0 Å². The lowest BCUT2D eigenvalue weighted by molar-refractivity contribution is -0.134. The van der Waals surface area contributed by atoms with Crippen LogP contribution in [-0.4, -0.2) is 22.2 Å². The molecule has 0 bridgehead atoms. The lowest BCUT2D eigenvalue weighted by atomic mass is 9.73. The lowest BCUT2D eigenvalue weighted by Crippen LogP contribution is -2.18. The molecule has 0 aliphatic heterocycles. The summed E-state index contributed by atoms with van der Waals surface area (Å²) in [6, 6.07) is 0. The number of carboxylic acids is 2. The van der Waals surface area contributed by atoms with Crippen molar-refractivity contribution in [2.75, 3.05) is 0 Å². The quantitative estimate of drug-likeness (QED) is 0.375. The van der Waals surface area contributed by atoms with Gasteiger partial charge in [-0.1, -0.05) is 37.1 Å². The van der Waals surface area contributed by atoms with Gasteiger partial charge in [-0.3, -0.25) is 4.79 Å². The molecule has 0 saturated heterocycles. The first-order chi connectivity index (χ1) is 12.0. The van der Waals surface area contributed by atoms with Gasteiger partial charge in [-0.05, 0) is 69.1 Å². The maximum Gasteiger partial charge on any atom is 0.328 e. The molecule has 0 unspecified atom stereocenters. The molecule has 1 aliphatic rings. The van der Waals surface area contributed by atoms with Crippen molar-refractivity contribution in [2.24, 2.45) is 5.41 Å². The Morgan fingerprint density at radius 2 is 1.77 bits per heavy atom. The summed E-state index contributed by atoms with van der Waals surface area (Å²) in [5.41, 5.74) is 8.38. The standard InChI is InChI=1S/C20H28O2.C2H4O2/c1-15(8-6-9-16(2)14-19(21)22)11-12-18-17(3)10-7-13-20(18,4)5;1-2(3)4/h6,8,12,14H,7,9-10,13H2,1-5H3,(H,21,22);1H3,(H,3,4)/b8-6?,16-14-;. The number of aliphatic carboxylic acids is 2. The first-order valence-corrected chi connectivity index (χ1v) is 8.85. The van der Waals surface area contributed by atoms with Crippen molar-refractivity contribution in [1.29, 1.82) is 0 Å². The van der Waals surface area contributed by atoms with Gasteiger partial charge in [0.2, 0.25) is 0 Å². The van der Waals surface area contributed by atoms with E-state index in [0.29, 0.717) is 6.42 Å². The summed E-state index contributed by atoms with van der Waals surface area (Å²) < 4.78 is 0. The molecule has 0 amide bonds. The molecule has 144 valence electrons. The van der Waals surface area contributed by atoms with E-state index in [1.165, 1.54) is 36.5 Å². The normalized spacial score (nSPS) is 16.5. The van der Waals surface area contributed by atoms with Crippen LogP contribution in [0.25, 0.3) is 0 Å². The maximum absolute atomic E-state index is 10.5. The fourth-order valence-corrected chi connectivity index (χ4v) is 2.89. The fraction of sp³-hybridized carbons (Fsp3) is 0.500. The number of carboxylic acid groups (broad SMARTS) is 2. The van der Waals surface area contributed by atoms with Crippen LogP contribution >= 0.6 is 0 Å². The van der Waals surface area contributed by atoms with E-state index in [-0.39, 0.29) is 5.41 Å². The second-order valence-corrected chi connectivity index (χ2v) is 7.36. The zero-order chi connectivity index (χ0) is 20.3. The van der Waals surface area contributed by atoms with Crippen LogP contribution in [0.15, 0.2) is 52.3 Å². The minimum Gasteiger partial charge on any atom is -0.481 e. The van der Waals surface area contributed by atoms with Crippen LogP contribution < -0.4 is 0 Å². The molecular formula is C22H32O4. The number of hydrogen-bond acceptors (Lipinski definition) is 2. The van der Waals surface area contributed by atoms with Crippen molar-refractivity contribution >= 4 is 11.9 Å². The monoisotopic (exact) mass is 360 g/mol. The van der Waals surface area contributed by atoms with Gasteiger partial charge in [0, 0.05) is 13.0 Å². The Hall–Kier alpha value is -2.32. The van der Waals surface area contributed by atoms with Gasteiger partial charge in [-0.25, -0.2) is 4.79 Å². The summed E-state index contributed by atoms with van der Waals surface area (Å²) >= 11 is 0. The average molecular weight is 360 g/mol. The Balaban J connectivity index is 0.00000141. The summed E-state index contributed by atoms with van der Waals surface area (Å²) in [5.74, 6) is -1.72. The minimum absolute atomic E-state index is 0.236. The highest BCUT2D eigenvalue weighted by Crippen LogP contribution is 2.40. The van der Waals surface area contributed by atoms with Gasteiger partial charge in [0.1, 0.15) is 0 Å². The van der Waals surface area contributed by atoms with Crippen LogP contribution in [0.3, 0.4) is 0 Å². The number of carbonyl (C=O) groups is 2. The van der Waals surface area contributed by atoms with Crippen molar-refractivity contribution in [3.8, 4) is 0 Å². The highest BCUT2D eigenvalue weighted by molar-refractivity contribution is 5.80. The van der Waals surface area contributed by atoms with E-state index in [1.807, 2.05) is 26.0 Å². The predicted octanol–water partition coefficient (Wildman–Crippen LogP) is 5.68. The molecule has 26 heavy (non-hydrogen) atoms. The molecule has 0 aromatic rings. The van der Waals surface area contributed by atoms with Crippen LogP contribution in [0.1, 0.15) is 67.2 Å². The Morgan fingerprint density at radius 3 is 2.27 bits per heavy atom. The Bertz CT molecular complexity index is 662. The molecule has 0 aromatic heterocycles. The SMILES string of the molecule is CC(=C=CC1=C(C)CCCC1(C)C)C=CC/C(C)=C\C(=O)O.CC(=O)O.